The van der Waals surface area contributed by atoms with Crippen LogP contribution in [0.5, 0.6) is 0 Å². The highest BCUT2D eigenvalue weighted by Gasteiger charge is 2.12. The van der Waals surface area contributed by atoms with Crippen LogP contribution in [0.1, 0.15) is 29.7 Å². The lowest BCUT2D eigenvalue weighted by molar-refractivity contribution is 0.573. The van der Waals surface area contributed by atoms with E-state index in [1.54, 1.807) is 18.4 Å². The van der Waals surface area contributed by atoms with Crippen LogP contribution in [0.25, 0.3) is 0 Å². The molecule has 0 radical (unpaired) electrons. The first-order valence-electron chi connectivity index (χ1n) is 8.52. The van der Waals surface area contributed by atoms with Gasteiger partial charge in [0.1, 0.15) is 5.82 Å². The molecule has 1 fully saturated rings. The fourth-order valence-electron chi connectivity index (χ4n) is 2.86. The number of nitrogens with zero attached hydrogens (tertiary/aromatic N) is 3. The molecule has 0 saturated carbocycles. The van der Waals surface area contributed by atoms with Gasteiger partial charge in [-0.25, -0.2) is 4.98 Å². The van der Waals surface area contributed by atoms with Gasteiger partial charge in [0.15, 0.2) is 5.96 Å². The van der Waals surface area contributed by atoms with Crippen LogP contribution < -0.4 is 15.5 Å². The summed E-state index contributed by atoms with van der Waals surface area (Å²) in [7, 11) is 1.80. The molecule has 2 N–H and O–H groups in total. The molecule has 6 heteroatoms. The van der Waals surface area contributed by atoms with Crippen molar-refractivity contribution in [3.8, 4) is 0 Å². The fraction of sp³-hybridized carbons (Fsp3) is 0.444. The van der Waals surface area contributed by atoms with Crippen LogP contribution in [0.2, 0.25) is 0 Å². The van der Waals surface area contributed by atoms with E-state index < -0.39 is 0 Å². The maximum Gasteiger partial charge on any atom is 0.191 e. The number of nitrogens with one attached hydrogen (secondary N) is 2. The third-order valence-corrected chi connectivity index (χ3v) is 5.06. The lowest BCUT2D eigenvalue weighted by Crippen LogP contribution is -2.36. The van der Waals surface area contributed by atoms with E-state index in [0.717, 1.165) is 38.0 Å². The maximum atomic E-state index is 4.53. The van der Waals surface area contributed by atoms with E-state index in [2.05, 4.69) is 55.2 Å². The minimum absolute atomic E-state index is 0.744. The fourth-order valence-corrected chi connectivity index (χ4v) is 3.50. The Morgan fingerprint density at radius 1 is 1.21 bits per heavy atom. The Hall–Kier alpha value is -2.08. The van der Waals surface area contributed by atoms with E-state index in [9.17, 15) is 0 Å². The molecule has 2 aromatic heterocycles. The first kappa shape index (κ1) is 16.8. The van der Waals surface area contributed by atoms with Crippen molar-refractivity contribution in [3.05, 3.63) is 46.3 Å². The first-order chi connectivity index (χ1) is 11.8. The number of aliphatic imine (C=N–C) groups is 1. The van der Waals surface area contributed by atoms with Gasteiger partial charge < -0.3 is 15.5 Å². The van der Waals surface area contributed by atoms with Gasteiger partial charge in [0.25, 0.3) is 0 Å². The highest BCUT2D eigenvalue weighted by Crippen LogP contribution is 2.18. The molecule has 3 rings (SSSR count). The largest absolute Gasteiger partial charge is 0.357 e. The molecule has 0 atom stereocenters. The zero-order valence-electron chi connectivity index (χ0n) is 14.2. The molecule has 3 heterocycles. The minimum Gasteiger partial charge on any atom is -0.357 e. The number of guanidine groups is 1. The second-order valence-electron chi connectivity index (χ2n) is 5.93. The van der Waals surface area contributed by atoms with Crippen LogP contribution >= 0.6 is 11.3 Å². The summed E-state index contributed by atoms with van der Waals surface area (Å²) in [4.78, 5) is 12.5. The zero-order chi connectivity index (χ0) is 16.6. The van der Waals surface area contributed by atoms with E-state index in [1.807, 2.05) is 6.20 Å². The molecule has 0 spiro atoms. The van der Waals surface area contributed by atoms with Crippen molar-refractivity contribution in [2.24, 2.45) is 4.99 Å². The average Bonchev–Trinajstić information content (AvgIpc) is 3.16. The second-order valence-corrected chi connectivity index (χ2v) is 6.96. The van der Waals surface area contributed by atoms with Crippen LogP contribution in [0.3, 0.4) is 0 Å². The van der Waals surface area contributed by atoms with Crippen molar-refractivity contribution in [3.63, 3.8) is 0 Å². The molecule has 0 amide bonds. The number of thiophene rings is 1. The van der Waals surface area contributed by atoms with E-state index in [0.29, 0.717) is 0 Å². The monoisotopic (exact) mass is 343 g/mol. The van der Waals surface area contributed by atoms with Gasteiger partial charge >= 0.3 is 0 Å². The van der Waals surface area contributed by atoms with E-state index >= 15 is 0 Å². The molecule has 24 heavy (non-hydrogen) atoms. The summed E-state index contributed by atoms with van der Waals surface area (Å²) in [6.45, 7) is 3.78. The molecule has 128 valence electrons. The Morgan fingerprint density at radius 2 is 2.04 bits per heavy atom. The molecule has 0 bridgehead atoms. The van der Waals surface area contributed by atoms with Gasteiger partial charge in [-0.15, -0.1) is 11.3 Å². The van der Waals surface area contributed by atoms with Crippen LogP contribution in [-0.2, 0) is 13.1 Å². The predicted molar refractivity (Wildman–Crippen MR) is 102 cm³/mol. The molecule has 5 nitrogen and oxygen atoms in total. The number of hydrogen-bond donors (Lipinski definition) is 2. The summed E-state index contributed by atoms with van der Waals surface area (Å²) in [5.74, 6) is 1.91. The van der Waals surface area contributed by atoms with Crippen molar-refractivity contribution < 1.29 is 0 Å². The number of piperidine rings is 1. The van der Waals surface area contributed by atoms with Crippen LogP contribution in [0.4, 0.5) is 5.82 Å². The second kappa shape index (κ2) is 8.68. The third-order valence-electron chi connectivity index (χ3n) is 4.18. The van der Waals surface area contributed by atoms with Gasteiger partial charge in [-0.1, -0.05) is 6.07 Å². The van der Waals surface area contributed by atoms with Gasteiger partial charge in [0.05, 0.1) is 6.54 Å². The molecular weight excluding hydrogens is 318 g/mol. The summed E-state index contributed by atoms with van der Waals surface area (Å²) < 4.78 is 0. The van der Waals surface area contributed by atoms with E-state index in [-0.39, 0.29) is 0 Å². The van der Waals surface area contributed by atoms with Crippen molar-refractivity contribution >= 4 is 23.1 Å². The lowest BCUT2D eigenvalue weighted by Gasteiger charge is -2.28. The number of pyridine rings is 1. The molecule has 0 unspecified atom stereocenters. The smallest absolute Gasteiger partial charge is 0.191 e. The van der Waals surface area contributed by atoms with Crippen LogP contribution in [-0.4, -0.2) is 31.1 Å². The van der Waals surface area contributed by atoms with Crippen molar-refractivity contribution in [2.45, 2.75) is 32.4 Å². The topological polar surface area (TPSA) is 52.6 Å². The summed E-state index contributed by atoms with van der Waals surface area (Å²) in [6.07, 6.45) is 5.78. The predicted octanol–water partition coefficient (Wildman–Crippen LogP) is 3.00. The summed E-state index contributed by atoms with van der Waals surface area (Å²) >= 11 is 1.75. The van der Waals surface area contributed by atoms with Gasteiger partial charge in [0, 0.05) is 37.8 Å². The first-order valence-corrected chi connectivity index (χ1v) is 9.40. The van der Waals surface area contributed by atoms with Gasteiger partial charge in [-0.2, -0.15) is 0 Å². The molecule has 1 aliphatic rings. The standard InChI is InChI=1S/C18H25N5S/c1-19-18(22-14-16-6-5-11-24-16)21-13-15-7-8-20-17(12-15)23-9-3-2-4-10-23/h5-8,11-12H,2-4,9-10,13-14H2,1H3,(H2,19,21,22). The third kappa shape index (κ3) is 4.71. The Kier molecular flexibility index (Phi) is 6.07. The number of hydrogen-bond acceptors (Lipinski definition) is 4. The molecule has 1 saturated heterocycles. The van der Waals surface area contributed by atoms with E-state index in [1.165, 1.54) is 29.7 Å². The minimum atomic E-state index is 0.744. The Balaban J connectivity index is 1.53. The van der Waals surface area contributed by atoms with Crippen molar-refractivity contribution in [1.82, 2.24) is 15.6 Å². The number of anilines is 1. The number of aromatic nitrogens is 1. The van der Waals surface area contributed by atoms with Crippen LogP contribution in [0.15, 0.2) is 40.8 Å². The van der Waals surface area contributed by atoms with Crippen molar-refractivity contribution in [2.75, 3.05) is 25.0 Å². The molecule has 0 aromatic carbocycles. The SMILES string of the molecule is CN=C(NCc1ccnc(N2CCCCC2)c1)NCc1cccs1. The van der Waals surface area contributed by atoms with Gasteiger partial charge in [0.2, 0.25) is 0 Å². The maximum absolute atomic E-state index is 4.53. The zero-order valence-corrected chi connectivity index (χ0v) is 15.0. The highest BCUT2D eigenvalue weighted by atomic mass is 32.1. The quantitative estimate of drug-likeness (QED) is 0.647. The highest BCUT2D eigenvalue weighted by molar-refractivity contribution is 7.09. The molecule has 0 aliphatic carbocycles. The summed E-state index contributed by atoms with van der Waals surface area (Å²) in [6, 6.07) is 8.44. The van der Waals surface area contributed by atoms with Crippen LogP contribution in [0, 0.1) is 0 Å². The Labute approximate surface area is 147 Å². The number of rotatable bonds is 5. The molecule has 2 aromatic rings. The van der Waals surface area contributed by atoms with Gasteiger partial charge in [-0.05, 0) is 48.4 Å². The molecule has 1 aliphatic heterocycles. The lowest BCUT2D eigenvalue weighted by atomic mass is 10.1. The van der Waals surface area contributed by atoms with Crippen molar-refractivity contribution in [1.29, 1.82) is 0 Å². The average molecular weight is 344 g/mol. The van der Waals surface area contributed by atoms with E-state index in [4.69, 9.17) is 0 Å². The Morgan fingerprint density at radius 3 is 2.79 bits per heavy atom. The summed E-state index contributed by atoms with van der Waals surface area (Å²) in [5.41, 5.74) is 1.23. The molecular formula is C18H25N5S. The normalized spacial score (nSPS) is 15.4. The Bertz CT molecular complexity index is 647. The van der Waals surface area contributed by atoms with Gasteiger partial charge in [-0.3, -0.25) is 4.99 Å². The summed E-state index contributed by atoms with van der Waals surface area (Å²) in [5, 5.41) is 8.81.